The highest BCUT2D eigenvalue weighted by Crippen LogP contribution is 2.23. The molecule has 1 radical (unpaired) electrons. The lowest BCUT2D eigenvalue weighted by molar-refractivity contribution is 1.21. The minimum absolute atomic E-state index is 0.997. The van der Waals surface area contributed by atoms with Gasteiger partial charge in [-0.25, -0.2) is 4.98 Å². The third-order valence-corrected chi connectivity index (χ3v) is 3.06. The first kappa shape index (κ1) is 8.76. The molecule has 79 valence electrons. The SMILES string of the molecule is [c]1c2ccccc2nc2c1cn1ccccc21. The summed E-state index contributed by atoms with van der Waals surface area (Å²) < 4.78 is 2.09. The summed E-state index contributed by atoms with van der Waals surface area (Å²) >= 11 is 0. The molecule has 3 heterocycles. The molecule has 0 fully saturated rings. The molecule has 3 aromatic heterocycles. The van der Waals surface area contributed by atoms with Gasteiger partial charge in [-0.15, -0.1) is 0 Å². The van der Waals surface area contributed by atoms with Gasteiger partial charge < -0.3 is 4.40 Å². The Hall–Kier alpha value is -2.35. The molecule has 0 saturated heterocycles. The van der Waals surface area contributed by atoms with Crippen LogP contribution < -0.4 is 0 Å². The minimum atomic E-state index is 0.997. The molecule has 4 aromatic rings. The van der Waals surface area contributed by atoms with Crippen molar-refractivity contribution in [2.24, 2.45) is 0 Å². The predicted molar refractivity (Wildman–Crippen MR) is 69.0 cm³/mol. The van der Waals surface area contributed by atoms with E-state index in [1.807, 2.05) is 42.6 Å². The fourth-order valence-corrected chi connectivity index (χ4v) is 2.26. The van der Waals surface area contributed by atoms with Crippen LogP contribution in [0.3, 0.4) is 0 Å². The summed E-state index contributed by atoms with van der Waals surface area (Å²) in [5, 5.41) is 2.13. The third kappa shape index (κ3) is 1.18. The van der Waals surface area contributed by atoms with Crippen LogP contribution in [0.25, 0.3) is 27.3 Å². The molecule has 0 amide bonds. The van der Waals surface area contributed by atoms with Crippen LogP contribution >= 0.6 is 0 Å². The number of benzene rings is 1. The van der Waals surface area contributed by atoms with E-state index in [-0.39, 0.29) is 0 Å². The first-order chi connectivity index (χ1) is 8.42. The van der Waals surface area contributed by atoms with Crippen LogP contribution in [-0.4, -0.2) is 9.38 Å². The fourth-order valence-electron chi connectivity index (χ4n) is 2.26. The fraction of sp³-hybridized carbons (Fsp3) is 0. The topological polar surface area (TPSA) is 17.3 Å². The van der Waals surface area contributed by atoms with E-state index in [0.717, 1.165) is 27.3 Å². The van der Waals surface area contributed by atoms with Crippen LogP contribution in [0.2, 0.25) is 0 Å². The normalized spacial score (nSPS) is 11.5. The molecule has 0 unspecified atom stereocenters. The summed E-state index contributed by atoms with van der Waals surface area (Å²) in [6, 6.07) is 17.6. The Balaban J connectivity index is 2.28. The summed E-state index contributed by atoms with van der Waals surface area (Å²) in [5.41, 5.74) is 3.14. The van der Waals surface area contributed by atoms with E-state index in [1.165, 1.54) is 0 Å². The number of hydrogen-bond donors (Lipinski definition) is 0. The van der Waals surface area contributed by atoms with Crippen molar-refractivity contribution >= 4 is 27.3 Å². The van der Waals surface area contributed by atoms with E-state index in [2.05, 4.69) is 22.7 Å². The lowest BCUT2D eigenvalue weighted by atomic mass is 10.2. The maximum Gasteiger partial charge on any atom is 0.0970 e. The van der Waals surface area contributed by atoms with Crippen LogP contribution in [0.5, 0.6) is 0 Å². The quantitative estimate of drug-likeness (QED) is 0.441. The summed E-state index contributed by atoms with van der Waals surface area (Å²) in [6.45, 7) is 0. The Morgan fingerprint density at radius 1 is 0.941 bits per heavy atom. The van der Waals surface area contributed by atoms with Crippen molar-refractivity contribution in [3.8, 4) is 0 Å². The summed E-state index contributed by atoms with van der Waals surface area (Å²) in [5.74, 6) is 0. The van der Waals surface area contributed by atoms with Gasteiger partial charge in [0.25, 0.3) is 0 Å². The van der Waals surface area contributed by atoms with E-state index >= 15 is 0 Å². The molecule has 0 N–H and O–H groups in total. The van der Waals surface area contributed by atoms with Crippen LogP contribution in [0.15, 0.2) is 54.9 Å². The largest absolute Gasteiger partial charge is 0.321 e. The van der Waals surface area contributed by atoms with Crippen molar-refractivity contribution in [3.05, 3.63) is 60.9 Å². The second kappa shape index (κ2) is 3.08. The van der Waals surface area contributed by atoms with E-state index in [9.17, 15) is 0 Å². The van der Waals surface area contributed by atoms with Gasteiger partial charge >= 0.3 is 0 Å². The van der Waals surface area contributed by atoms with E-state index in [0.29, 0.717) is 0 Å². The highest BCUT2D eigenvalue weighted by molar-refractivity contribution is 6.00. The van der Waals surface area contributed by atoms with E-state index in [1.54, 1.807) is 0 Å². The van der Waals surface area contributed by atoms with Gasteiger partial charge in [0.1, 0.15) is 0 Å². The van der Waals surface area contributed by atoms with Crippen molar-refractivity contribution in [3.63, 3.8) is 0 Å². The Kier molecular flexibility index (Phi) is 1.59. The molecule has 0 spiro atoms. The summed E-state index contributed by atoms with van der Waals surface area (Å²) in [6.07, 6.45) is 4.11. The molecule has 4 rings (SSSR count). The highest BCUT2D eigenvalue weighted by Gasteiger charge is 2.05. The average molecular weight is 217 g/mol. The molecule has 2 heteroatoms. The Labute approximate surface area is 98.1 Å². The van der Waals surface area contributed by atoms with E-state index < -0.39 is 0 Å². The number of hydrogen-bond acceptors (Lipinski definition) is 1. The molecule has 0 aliphatic carbocycles. The zero-order valence-electron chi connectivity index (χ0n) is 9.09. The first-order valence-electron chi connectivity index (χ1n) is 5.59. The summed E-state index contributed by atoms with van der Waals surface area (Å²) in [4.78, 5) is 4.71. The molecule has 0 bridgehead atoms. The molecular weight excluding hydrogens is 208 g/mol. The number of fused-ring (bicyclic) bond motifs is 4. The highest BCUT2D eigenvalue weighted by atomic mass is 14.9. The summed E-state index contributed by atoms with van der Waals surface area (Å²) in [7, 11) is 0. The number of para-hydroxylation sites is 1. The zero-order chi connectivity index (χ0) is 11.2. The Bertz CT molecular complexity index is 837. The Morgan fingerprint density at radius 2 is 1.82 bits per heavy atom. The number of aromatic nitrogens is 2. The minimum Gasteiger partial charge on any atom is -0.321 e. The maximum atomic E-state index is 4.71. The molecule has 0 saturated carbocycles. The monoisotopic (exact) mass is 217 g/mol. The van der Waals surface area contributed by atoms with Gasteiger partial charge in [0.05, 0.1) is 16.6 Å². The second-order valence-corrected chi connectivity index (χ2v) is 4.14. The van der Waals surface area contributed by atoms with Crippen molar-refractivity contribution in [2.75, 3.05) is 0 Å². The van der Waals surface area contributed by atoms with Gasteiger partial charge in [0.2, 0.25) is 0 Å². The third-order valence-electron chi connectivity index (χ3n) is 3.06. The maximum absolute atomic E-state index is 4.71. The molecule has 0 aliphatic rings. The van der Waals surface area contributed by atoms with Crippen molar-refractivity contribution in [1.29, 1.82) is 0 Å². The first-order valence-corrected chi connectivity index (χ1v) is 5.59. The number of rotatable bonds is 0. The lowest BCUT2D eigenvalue weighted by Gasteiger charge is -1.96. The van der Waals surface area contributed by atoms with Gasteiger partial charge in [-0.1, -0.05) is 24.3 Å². The van der Waals surface area contributed by atoms with Crippen molar-refractivity contribution in [2.45, 2.75) is 0 Å². The predicted octanol–water partition coefficient (Wildman–Crippen LogP) is 3.44. The van der Waals surface area contributed by atoms with Crippen LogP contribution in [-0.2, 0) is 0 Å². The van der Waals surface area contributed by atoms with Gasteiger partial charge in [-0.3, -0.25) is 0 Å². The lowest BCUT2D eigenvalue weighted by Crippen LogP contribution is -1.80. The van der Waals surface area contributed by atoms with Gasteiger partial charge in [0, 0.05) is 29.2 Å². The van der Waals surface area contributed by atoms with Gasteiger partial charge in [-0.05, 0) is 18.2 Å². The molecule has 0 aliphatic heterocycles. The van der Waals surface area contributed by atoms with Gasteiger partial charge in [0.15, 0.2) is 0 Å². The number of nitrogens with zero attached hydrogens (tertiary/aromatic N) is 2. The van der Waals surface area contributed by atoms with Crippen molar-refractivity contribution in [1.82, 2.24) is 9.38 Å². The van der Waals surface area contributed by atoms with Crippen LogP contribution in [0.4, 0.5) is 0 Å². The molecule has 17 heavy (non-hydrogen) atoms. The molecule has 0 atom stereocenters. The van der Waals surface area contributed by atoms with Crippen molar-refractivity contribution < 1.29 is 0 Å². The van der Waals surface area contributed by atoms with E-state index in [4.69, 9.17) is 4.98 Å². The standard InChI is InChI=1S/C15H9N2/c1-2-6-13-11(5-1)9-12-10-17-8-4-3-7-14(17)15(12)16-13/h1-8,10H. The van der Waals surface area contributed by atoms with Crippen LogP contribution in [0.1, 0.15) is 0 Å². The zero-order valence-corrected chi connectivity index (χ0v) is 9.09. The molecule has 1 aromatic carbocycles. The second-order valence-electron chi connectivity index (χ2n) is 4.14. The van der Waals surface area contributed by atoms with Gasteiger partial charge in [-0.2, -0.15) is 0 Å². The smallest absolute Gasteiger partial charge is 0.0970 e. The molecular formula is C15H9N2. The Morgan fingerprint density at radius 3 is 2.82 bits per heavy atom. The molecule has 2 nitrogen and oxygen atoms in total. The average Bonchev–Trinajstić information content (AvgIpc) is 2.73. The van der Waals surface area contributed by atoms with Crippen LogP contribution in [0, 0.1) is 6.07 Å². The number of pyridine rings is 2.